The Bertz CT molecular complexity index is 382. The second-order valence-corrected chi connectivity index (χ2v) is 4.05. The van der Waals surface area contributed by atoms with E-state index in [-0.39, 0.29) is 12.5 Å². The monoisotopic (exact) mass is 226 g/mol. The lowest BCUT2D eigenvalue weighted by atomic mass is 10.0. The van der Waals surface area contributed by atoms with E-state index in [0.717, 1.165) is 12.8 Å². The van der Waals surface area contributed by atoms with Gasteiger partial charge in [-0.25, -0.2) is 4.79 Å². The average Bonchev–Trinajstić information content (AvgIpc) is 2.85. The third-order valence-electron chi connectivity index (χ3n) is 2.71. The first kappa shape index (κ1) is 11.1. The predicted octanol–water partition coefficient (Wildman–Crippen LogP) is 0.726. The number of carbonyl (C=O) groups excluding carboxylic acids is 1. The highest BCUT2D eigenvalue weighted by atomic mass is 16.6. The Labute approximate surface area is 92.6 Å². The van der Waals surface area contributed by atoms with Crippen molar-refractivity contribution in [2.75, 3.05) is 0 Å². The molecule has 0 aliphatic heterocycles. The molecule has 0 radical (unpaired) electrons. The van der Waals surface area contributed by atoms with Gasteiger partial charge in [-0.2, -0.15) is 4.98 Å². The molecule has 0 bridgehead atoms. The van der Waals surface area contributed by atoms with Crippen LogP contribution in [0, 0.1) is 6.92 Å². The van der Waals surface area contributed by atoms with Crippen LogP contribution in [0.2, 0.25) is 0 Å². The summed E-state index contributed by atoms with van der Waals surface area (Å²) < 4.78 is 9.73. The van der Waals surface area contributed by atoms with Gasteiger partial charge in [0.1, 0.15) is 0 Å². The molecule has 88 valence electrons. The standard InChI is InChI=1S/C10H14N2O4/c1-7-11-8(16-12-7)6-15-9(13)10(14)4-2-3-5-10/h14H,2-6H2,1H3. The van der Waals surface area contributed by atoms with Crippen LogP contribution in [0.25, 0.3) is 0 Å². The molecule has 1 N–H and O–H groups in total. The third-order valence-corrected chi connectivity index (χ3v) is 2.71. The minimum absolute atomic E-state index is 0.0814. The zero-order valence-corrected chi connectivity index (χ0v) is 9.10. The summed E-state index contributed by atoms with van der Waals surface area (Å²) in [4.78, 5) is 15.5. The Kier molecular flexibility index (Phi) is 2.91. The zero-order chi connectivity index (χ0) is 11.6. The van der Waals surface area contributed by atoms with Gasteiger partial charge in [0.2, 0.25) is 0 Å². The molecular formula is C10H14N2O4. The fraction of sp³-hybridized carbons (Fsp3) is 0.700. The molecule has 6 heteroatoms. The minimum atomic E-state index is -1.31. The number of hydrogen-bond donors (Lipinski definition) is 1. The third kappa shape index (κ3) is 2.21. The molecule has 2 rings (SSSR count). The minimum Gasteiger partial charge on any atom is -0.453 e. The topological polar surface area (TPSA) is 85.5 Å². The highest BCUT2D eigenvalue weighted by Crippen LogP contribution is 2.30. The van der Waals surface area contributed by atoms with Crippen molar-refractivity contribution in [2.45, 2.75) is 44.8 Å². The van der Waals surface area contributed by atoms with Crippen molar-refractivity contribution in [3.05, 3.63) is 11.7 Å². The molecule has 0 atom stereocenters. The van der Waals surface area contributed by atoms with Gasteiger partial charge < -0.3 is 14.4 Å². The summed E-state index contributed by atoms with van der Waals surface area (Å²) in [5, 5.41) is 13.5. The lowest BCUT2D eigenvalue weighted by Crippen LogP contribution is -2.36. The Morgan fingerprint density at radius 1 is 1.56 bits per heavy atom. The summed E-state index contributed by atoms with van der Waals surface area (Å²) in [6.45, 7) is 1.60. The van der Waals surface area contributed by atoms with Gasteiger partial charge in [-0.3, -0.25) is 0 Å². The van der Waals surface area contributed by atoms with E-state index in [1.165, 1.54) is 0 Å². The normalized spacial score (nSPS) is 18.6. The molecular weight excluding hydrogens is 212 g/mol. The van der Waals surface area contributed by atoms with Gasteiger partial charge in [0, 0.05) is 0 Å². The van der Waals surface area contributed by atoms with E-state index < -0.39 is 11.6 Å². The molecule has 0 unspecified atom stereocenters. The van der Waals surface area contributed by atoms with Crippen LogP contribution in [-0.2, 0) is 16.1 Å². The highest BCUT2D eigenvalue weighted by molar-refractivity contribution is 5.79. The lowest BCUT2D eigenvalue weighted by Gasteiger charge is -2.18. The molecule has 6 nitrogen and oxygen atoms in total. The van der Waals surface area contributed by atoms with E-state index in [1.54, 1.807) is 6.92 Å². The van der Waals surface area contributed by atoms with E-state index in [1.807, 2.05) is 0 Å². The van der Waals surface area contributed by atoms with Crippen LogP contribution in [0.3, 0.4) is 0 Å². The van der Waals surface area contributed by atoms with Gasteiger partial charge in [-0.05, 0) is 32.6 Å². The number of hydrogen-bond acceptors (Lipinski definition) is 6. The second kappa shape index (κ2) is 4.21. The summed E-state index contributed by atoms with van der Waals surface area (Å²) >= 11 is 0. The number of rotatable bonds is 3. The summed E-state index contributed by atoms with van der Waals surface area (Å²) in [5.74, 6) is 0.138. The molecule has 0 spiro atoms. The smallest absolute Gasteiger partial charge is 0.338 e. The van der Waals surface area contributed by atoms with Crippen molar-refractivity contribution >= 4 is 5.97 Å². The maximum absolute atomic E-state index is 11.6. The highest BCUT2D eigenvalue weighted by Gasteiger charge is 2.40. The lowest BCUT2D eigenvalue weighted by molar-refractivity contribution is -0.167. The fourth-order valence-corrected chi connectivity index (χ4v) is 1.82. The number of aromatic nitrogens is 2. The fourth-order valence-electron chi connectivity index (χ4n) is 1.82. The van der Waals surface area contributed by atoms with Crippen molar-refractivity contribution in [2.24, 2.45) is 0 Å². The number of ether oxygens (including phenoxy) is 1. The predicted molar refractivity (Wildman–Crippen MR) is 52.2 cm³/mol. The maximum atomic E-state index is 11.6. The van der Waals surface area contributed by atoms with Crippen molar-refractivity contribution in [1.82, 2.24) is 10.1 Å². The van der Waals surface area contributed by atoms with E-state index >= 15 is 0 Å². The number of aryl methyl sites for hydroxylation is 1. The summed E-state index contributed by atoms with van der Waals surface area (Å²) in [6, 6.07) is 0. The molecule has 1 fully saturated rings. The molecule has 1 aromatic rings. The number of aliphatic hydroxyl groups is 1. The van der Waals surface area contributed by atoms with Crippen LogP contribution in [0.4, 0.5) is 0 Å². The molecule has 0 saturated heterocycles. The van der Waals surface area contributed by atoms with Crippen molar-refractivity contribution < 1.29 is 19.2 Å². The van der Waals surface area contributed by atoms with E-state index in [2.05, 4.69) is 10.1 Å². The van der Waals surface area contributed by atoms with Gasteiger partial charge in [-0.15, -0.1) is 0 Å². The quantitative estimate of drug-likeness (QED) is 0.764. The zero-order valence-electron chi connectivity index (χ0n) is 9.10. The summed E-state index contributed by atoms with van der Waals surface area (Å²) in [6.07, 6.45) is 2.64. The number of carbonyl (C=O) groups is 1. The number of esters is 1. The van der Waals surface area contributed by atoms with E-state index in [0.29, 0.717) is 18.7 Å². The molecule has 0 aromatic carbocycles. The van der Waals surface area contributed by atoms with Crippen LogP contribution in [-0.4, -0.2) is 26.8 Å². The van der Waals surface area contributed by atoms with Crippen molar-refractivity contribution in [3.8, 4) is 0 Å². The van der Waals surface area contributed by atoms with Crippen LogP contribution < -0.4 is 0 Å². The van der Waals surface area contributed by atoms with Crippen LogP contribution in [0.5, 0.6) is 0 Å². The largest absolute Gasteiger partial charge is 0.453 e. The Morgan fingerprint density at radius 2 is 2.25 bits per heavy atom. The van der Waals surface area contributed by atoms with E-state index in [4.69, 9.17) is 9.26 Å². The molecule has 0 amide bonds. The van der Waals surface area contributed by atoms with Gasteiger partial charge in [0.25, 0.3) is 5.89 Å². The van der Waals surface area contributed by atoms with Crippen LogP contribution in [0.1, 0.15) is 37.4 Å². The van der Waals surface area contributed by atoms with E-state index in [9.17, 15) is 9.90 Å². The Morgan fingerprint density at radius 3 is 2.81 bits per heavy atom. The Balaban J connectivity index is 1.88. The SMILES string of the molecule is Cc1noc(COC(=O)C2(O)CCCC2)n1. The second-order valence-electron chi connectivity index (χ2n) is 4.05. The molecule has 1 aliphatic carbocycles. The van der Waals surface area contributed by atoms with Crippen molar-refractivity contribution in [1.29, 1.82) is 0 Å². The first-order valence-electron chi connectivity index (χ1n) is 5.29. The number of nitrogens with zero attached hydrogens (tertiary/aromatic N) is 2. The molecule has 1 aliphatic rings. The Hall–Kier alpha value is -1.43. The molecule has 1 aromatic heterocycles. The first-order valence-corrected chi connectivity index (χ1v) is 5.29. The van der Waals surface area contributed by atoms with Crippen LogP contribution in [0.15, 0.2) is 4.52 Å². The molecule has 1 saturated carbocycles. The molecule has 16 heavy (non-hydrogen) atoms. The summed E-state index contributed by atoms with van der Waals surface area (Å²) in [5.41, 5.74) is -1.31. The van der Waals surface area contributed by atoms with Gasteiger partial charge in [-0.1, -0.05) is 5.16 Å². The summed E-state index contributed by atoms with van der Waals surface area (Å²) in [7, 11) is 0. The van der Waals surface area contributed by atoms with Gasteiger partial charge in [0.15, 0.2) is 18.0 Å². The van der Waals surface area contributed by atoms with Crippen molar-refractivity contribution in [3.63, 3.8) is 0 Å². The maximum Gasteiger partial charge on any atom is 0.338 e. The molecule has 1 heterocycles. The first-order chi connectivity index (χ1) is 7.60. The van der Waals surface area contributed by atoms with Gasteiger partial charge >= 0.3 is 5.97 Å². The van der Waals surface area contributed by atoms with Crippen LogP contribution >= 0.6 is 0 Å². The van der Waals surface area contributed by atoms with Gasteiger partial charge in [0.05, 0.1) is 0 Å². The average molecular weight is 226 g/mol.